The van der Waals surface area contributed by atoms with Gasteiger partial charge in [-0.3, -0.25) is 14.3 Å². The van der Waals surface area contributed by atoms with Gasteiger partial charge in [0.2, 0.25) is 11.1 Å². The molecule has 4 heterocycles. The predicted octanol–water partition coefficient (Wildman–Crippen LogP) is 2.72. The number of aromatic nitrogens is 4. The van der Waals surface area contributed by atoms with Crippen molar-refractivity contribution in [3.05, 3.63) is 59.6 Å². The van der Waals surface area contributed by atoms with E-state index in [0.717, 1.165) is 11.3 Å². The summed E-state index contributed by atoms with van der Waals surface area (Å²) in [7, 11) is 0. The highest BCUT2D eigenvalue weighted by atomic mass is 32.1. The fraction of sp³-hybridized carbons (Fsp3) is 0.263. The average molecular weight is 380 g/mol. The van der Waals surface area contributed by atoms with Gasteiger partial charge in [-0.1, -0.05) is 18.2 Å². The van der Waals surface area contributed by atoms with E-state index in [4.69, 9.17) is 26.8 Å². The highest BCUT2D eigenvalue weighted by Gasteiger charge is 2.45. The number of Topliss-reactive ketones (excluding diaryl/α,β-unsaturated/α-hetero) is 1. The smallest absolute Gasteiger partial charge is 0.218 e. The van der Waals surface area contributed by atoms with Gasteiger partial charge in [0.05, 0.1) is 12.6 Å². The monoisotopic (exact) mass is 380 g/mol. The third-order valence-corrected chi connectivity index (χ3v) is 5.25. The molecule has 0 saturated carbocycles. The zero-order chi connectivity index (χ0) is 18.4. The molecule has 2 saturated heterocycles. The zero-order valence-electron chi connectivity index (χ0n) is 14.3. The minimum absolute atomic E-state index is 0.0737. The maximum atomic E-state index is 12.2. The summed E-state index contributed by atoms with van der Waals surface area (Å²) in [6.45, 7) is 0.367. The molecule has 7 nitrogen and oxygen atoms in total. The van der Waals surface area contributed by atoms with Gasteiger partial charge >= 0.3 is 0 Å². The number of hydrogen-bond donors (Lipinski definition) is 0. The molecule has 2 aliphatic rings. The van der Waals surface area contributed by atoms with Crippen molar-refractivity contribution in [1.29, 1.82) is 0 Å². The van der Waals surface area contributed by atoms with Gasteiger partial charge in [-0.15, -0.1) is 0 Å². The second-order valence-electron chi connectivity index (χ2n) is 6.54. The van der Waals surface area contributed by atoms with E-state index in [9.17, 15) is 4.79 Å². The highest BCUT2D eigenvalue weighted by molar-refractivity contribution is 7.71. The quantitative estimate of drug-likeness (QED) is 0.651. The van der Waals surface area contributed by atoms with Crippen LogP contribution in [-0.2, 0) is 14.3 Å². The third kappa shape index (κ3) is 2.73. The summed E-state index contributed by atoms with van der Waals surface area (Å²) >= 11 is 5.77. The van der Waals surface area contributed by atoms with Crippen LogP contribution in [0.15, 0.2) is 54.9 Å². The number of fused-ring (bicyclic) bond motifs is 2. The van der Waals surface area contributed by atoms with E-state index in [1.54, 1.807) is 17.1 Å². The Morgan fingerprint density at radius 2 is 1.89 bits per heavy atom. The standard InChI is InChI=1S/C19H16N4O3S/c24-15-10-14(16-11-25-18(15)26-16)23-19(27)22(13-4-2-1-3-5-13)17(21-23)12-6-8-20-9-7-12/h1-9,14,16,18H,10-11H2/t14-,16-,18-/m0/s1. The zero-order valence-corrected chi connectivity index (χ0v) is 15.1. The van der Waals surface area contributed by atoms with Crippen molar-refractivity contribution >= 4 is 18.0 Å². The first-order valence-corrected chi connectivity index (χ1v) is 9.10. The molecule has 8 heteroatoms. The van der Waals surface area contributed by atoms with Crippen LogP contribution in [0, 0.1) is 4.77 Å². The lowest BCUT2D eigenvalue weighted by Gasteiger charge is -2.26. The molecular weight excluding hydrogens is 364 g/mol. The van der Waals surface area contributed by atoms with Crippen molar-refractivity contribution in [3.63, 3.8) is 0 Å². The van der Waals surface area contributed by atoms with Crippen molar-refractivity contribution in [3.8, 4) is 17.1 Å². The van der Waals surface area contributed by atoms with Gasteiger partial charge in [0, 0.05) is 30.1 Å². The molecular formula is C19H16N4O3S. The number of ketones is 1. The molecule has 2 bridgehead atoms. The van der Waals surface area contributed by atoms with E-state index in [0.29, 0.717) is 23.6 Å². The molecule has 3 aromatic rings. The highest BCUT2D eigenvalue weighted by Crippen LogP contribution is 2.34. The number of carbonyl (C=O) groups excluding carboxylic acids is 1. The number of hydrogen-bond acceptors (Lipinski definition) is 6. The van der Waals surface area contributed by atoms with Crippen molar-refractivity contribution in [2.75, 3.05) is 6.61 Å². The Labute approximate surface area is 160 Å². The summed E-state index contributed by atoms with van der Waals surface area (Å²) in [6.07, 6.45) is 2.76. The number of pyridine rings is 1. The minimum Gasteiger partial charge on any atom is -0.343 e. The van der Waals surface area contributed by atoms with Crippen molar-refractivity contribution in [1.82, 2.24) is 19.3 Å². The minimum atomic E-state index is -0.740. The Hall–Kier alpha value is -2.68. The van der Waals surface area contributed by atoms with Gasteiger partial charge in [-0.25, -0.2) is 4.68 Å². The van der Waals surface area contributed by atoms with Crippen LogP contribution in [0.25, 0.3) is 17.1 Å². The van der Waals surface area contributed by atoms with Crippen molar-refractivity contribution < 1.29 is 14.3 Å². The van der Waals surface area contributed by atoms with Crippen LogP contribution in [0.4, 0.5) is 0 Å². The van der Waals surface area contributed by atoms with E-state index in [2.05, 4.69) is 4.98 Å². The molecule has 0 spiro atoms. The van der Waals surface area contributed by atoms with E-state index in [1.807, 2.05) is 47.0 Å². The fourth-order valence-corrected chi connectivity index (χ4v) is 3.93. The summed E-state index contributed by atoms with van der Waals surface area (Å²) in [4.78, 5) is 16.3. The van der Waals surface area contributed by atoms with Crippen LogP contribution in [0.3, 0.4) is 0 Å². The normalized spacial score (nSPS) is 24.3. The summed E-state index contributed by atoms with van der Waals surface area (Å²) in [5, 5.41) is 4.79. The number of benzene rings is 1. The van der Waals surface area contributed by atoms with E-state index < -0.39 is 6.29 Å². The van der Waals surface area contributed by atoms with Crippen LogP contribution >= 0.6 is 12.2 Å². The van der Waals surface area contributed by atoms with Crippen molar-refractivity contribution in [2.24, 2.45) is 0 Å². The first kappa shape index (κ1) is 16.5. The topological polar surface area (TPSA) is 71.2 Å². The number of nitrogens with zero attached hydrogens (tertiary/aromatic N) is 4. The van der Waals surface area contributed by atoms with Gasteiger partial charge < -0.3 is 9.47 Å². The Morgan fingerprint density at radius 3 is 2.67 bits per heavy atom. The Morgan fingerprint density at radius 1 is 1.11 bits per heavy atom. The lowest BCUT2D eigenvalue weighted by Crippen LogP contribution is -2.37. The van der Waals surface area contributed by atoms with Crippen LogP contribution < -0.4 is 0 Å². The number of para-hydroxylation sites is 1. The summed E-state index contributed by atoms with van der Waals surface area (Å²) < 4.78 is 15.3. The molecule has 27 heavy (non-hydrogen) atoms. The number of rotatable bonds is 3. The molecule has 2 aliphatic heterocycles. The summed E-state index contributed by atoms with van der Waals surface area (Å²) in [6, 6.07) is 13.3. The van der Waals surface area contributed by atoms with Crippen LogP contribution in [0.5, 0.6) is 0 Å². The van der Waals surface area contributed by atoms with E-state index in [1.165, 1.54) is 0 Å². The molecule has 3 atom stereocenters. The maximum absolute atomic E-state index is 12.2. The summed E-state index contributed by atoms with van der Waals surface area (Å²) in [5.74, 6) is 0.623. The molecule has 0 amide bonds. The van der Waals surface area contributed by atoms with Crippen LogP contribution in [0.2, 0.25) is 0 Å². The fourth-order valence-electron chi connectivity index (χ4n) is 3.56. The molecule has 136 valence electrons. The first-order valence-electron chi connectivity index (χ1n) is 8.69. The first-order chi connectivity index (χ1) is 13.2. The SMILES string of the molecule is O=C1C[C@H](n2nc(-c3ccncc3)n(-c3ccccc3)c2=S)[C@@H]2CO[C@H]1O2. The molecule has 0 radical (unpaired) electrons. The molecule has 1 aromatic carbocycles. The Kier molecular flexibility index (Phi) is 3.96. The van der Waals surface area contributed by atoms with E-state index in [-0.39, 0.29) is 17.9 Å². The van der Waals surface area contributed by atoms with Crippen molar-refractivity contribution in [2.45, 2.75) is 24.9 Å². The van der Waals surface area contributed by atoms with Gasteiger partial charge in [0.15, 0.2) is 11.6 Å². The summed E-state index contributed by atoms with van der Waals surface area (Å²) in [5.41, 5.74) is 1.80. The average Bonchev–Trinajstić information content (AvgIpc) is 3.29. The second kappa shape index (κ2) is 6.49. The Balaban J connectivity index is 1.69. The third-order valence-electron chi connectivity index (χ3n) is 4.88. The maximum Gasteiger partial charge on any atom is 0.218 e. The largest absolute Gasteiger partial charge is 0.343 e. The Bertz CT molecular complexity index is 1050. The molecule has 0 aliphatic carbocycles. The van der Waals surface area contributed by atoms with Gasteiger partial charge in [0.25, 0.3) is 0 Å². The van der Waals surface area contributed by atoms with Crippen LogP contribution in [-0.4, -0.2) is 44.1 Å². The van der Waals surface area contributed by atoms with Gasteiger partial charge in [-0.05, 0) is 36.5 Å². The van der Waals surface area contributed by atoms with Crippen LogP contribution in [0.1, 0.15) is 12.5 Å². The molecule has 0 N–H and O–H groups in total. The number of carbonyl (C=O) groups is 1. The lowest BCUT2D eigenvalue weighted by atomic mass is 10.0. The van der Waals surface area contributed by atoms with Gasteiger partial charge in [-0.2, -0.15) is 5.10 Å². The van der Waals surface area contributed by atoms with Gasteiger partial charge in [0.1, 0.15) is 6.10 Å². The molecule has 5 rings (SSSR count). The van der Waals surface area contributed by atoms with E-state index >= 15 is 0 Å². The predicted molar refractivity (Wildman–Crippen MR) is 98.9 cm³/mol. The molecule has 0 unspecified atom stereocenters. The lowest BCUT2D eigenvalue weighted by molar-refractivity contribution is -0.156. The second-order valence-corrected chi connectivity index (χ2v) is 6.90. The number of ether oxygens (including phenoxy) is 2. The molecule has 2 aromatic heterocycles. The molecule has 2 fully saturated rings.